The average molecular weight is 317 g/mol. The predicted molar refractivity (Wildman–Crippen MR) is 84.4 cm³/mol. The first-order valence-corrected chi connectivity index (χ1v) is 7.71. The fraction of sp³-hybridized carbons (Fsp3) is 0.267. The van der Waals surface area contributed by atoms with E-state index in [1.165, 1.54) is 23.5 Å². The highest BCUT2D eigenvalue weighted by atomic mass is 32.1. The van der Waals surface area contributed by atoms with Crippen LogP contribution in [0.4, 0.5) is 9.52 Å². The Morgan fingerprint density at radius 3 is 2.68 bits per heavy atom. The molecule has 1 aromatic carbocycles. The van der Waals surface area contributed by atoms with Gasteiger partial charge < -0.3 is 5.32 Å². The van der Waals surface area contributed by atoms with Crippen LogP contribution in [0.25, 0.3) is 0 Å². The number of aromatic nitrogens is 4. The van der Waals surface area contributed by atoms with E-state index in [0.29, 0.717) is 13.0 Å². The van der Waals surface area contributed by atoms with Crippen molar-refractivity contribution < 1.29 is 4.39 Å². The first-order chi connectivity index (χ1) is 10.6. The number of anilines is 1. The van der Waals surface area contributed by atoms with E-state index in [1.807, 2.05) is 24.9 Å². The molecule has 0 fully saturated rings. The quantitative estimate of drug-likeness (QED) is 0.786. The van der Waals surface area contributed by atoms with E-state index in [-0.39, 0.29) is 5.82 Å². The molecular weight excluding hydrogens is 301 g/mol. The molecule has 0 unspecified atom stereocenters. The van der Waals surface area contributed by atoms with Crippen molar-refractivity contribution in [2.45, 2.75) is 19.9 Å². The van der Waals surface area contributed by atoms with Crippen LogP contribution in [0, 0.1) is 12.7 Å². The average Bonchev–Trinajstić information content (AvgIpc) is 3.08. The third kappa shape index (κ3) is 3.30. The van der Waals surface area contributed by atoms with Gasteiger partial charge in [0, 0.05) is 31.3 Å². The second-order valence-corrected chi connectivity index (χ2v) is 6.10. The lowest BCUT2D eigenvalue weighted by atomic mass is 10.2. The van der Waals surface area contributed by atoms with Crippen LogP contribution in [0.3, 0.4) is 0 Å². The smallest absolute Gasteiger partial charge is 0.205 e. The standard InChI is InChI=1S/C15H16FN5S/c1-10-12(9-18-21(10)2)8-17-15-20-19-14(22-15)7-11-3-5-13(16)6-4-11/h3-6,9H,7-8H2,1-2H3,(H,17,20). The van der Waals surface area contributed by atoms with Crippen LogP contribution in [0.15, 0.2) is 30.5 Å². The Labute approximate surface area is 131 Å². The SMILES string of the molecule is Cc1c(CNc2nnc(Cc3ccc(F)cc3)s2)cnn1C. The predicted octanol–water partition coefficient (Wildman–Crippen LogP) is 2.92. The molecule has 22 heavy (non-hydrogen) atoms. The van der Waals surface area contributed by atoms with Crippen molar-refractivity contribution in [3.05, 3.63) is 58.1 Å². The molecule has 0 aliphatic carbocycles. The minimum Gasteiger partial charge on any atom is -0.356 e. The van der Waals surface area contributed by atoms with Crippen molar-refractivity contribution in [3.63, 3.8) is 0 Å². The number of hydrogen-bond donors (Lipinski definition) is 1. The highest BCUT2D eigenvalue weighted by Gasteiger charge is 2.07. The summed E-state index contributed by atoms with van der Waals surface area (Å²) in [6.45, 7) is 2.70. The second kappa shape index (κ2) is 6.23. The molecule has 0 aliphatic rings. The Hall–Kier alpha value is -2.28. The largest absolute Gasteiger partial charge is 0.356 e. The van der Waals surface area contributed by atoms with E-state index in [1.54, 1.807) is 12.1 Å². The van der Waals surface area contributed by atoms with E-state index < -0.39 is 0 Å². The molecule has 2 aromatic heterocycles. The van der Waals surface area contributed by atoms with Crippen LogP contribution in [-0.2, 0) is 20.0 Å². The van der Waals surface area contributed by atoms with Crippen molar-refractivity contribution in [2.75, 3.05) is 5.32 Å². The molecule has 0 amide bonds. The molecule has 7 heteroatoms. The first kappa shape index (κ1) is 14.6. The molecule has 0 saturated heterocycles. The third-order valence-corrected chi connectivity index (χ3v) is 4.38. The van der Waals surface area contributed by atoms with Crippen molar-refractivity contribution in [1.82, 2.24) is 20.0 Å². The van der Waals surface area contributed by atoms with Crippen molar-refractivity contribution in [3.8, 4) is 0 Å². The molecule has 0 aliphatic heterocycles. The van der Waals surface area contributed by atoms with E-state index in [0.717, 1.165) is 27.0 Å². The van der Waals surface area contributed by atoms with Crippen molar-refractivity contribution >= 4 is 16.5 Å². The number of rotatable bonds is 5. The van der Waals surface area contributed by atoms with E-state index >= 15 is 0 Å². The number of nitrogens with one attached hydrogen (secondary N) is 1. The highest BCUT2D eigenvalue weighted by molar-refractivity contribution is 7.15. The molecule has 114 valence electrons. The van der Waals surface area contributed by atoms with Gasteiger partial charge in [0.15, 0.2) is 0 Å². The highest BCUT2D eigenvalue weighted by Crippen LogP contribution is 2.20. The van der Waals surface area contributed by atoms with Gasteiger partial charge in [-0.3, -0.25) is 4.68 Å². The molecule has 0 atom stereocenters. The van der Waals surface area contributed by atoms with Gasteiger partial charge in [0.25, 0.3) is 0 Å². The molecule has 2 heterocycles. The topological polar surface area (TPSA) is 55.6 Å². The molecule has 0 bridgehead atoms. The minimum absolute atomic E-state index is 0.227. The van der Waals surface area contributed by atoms with Crippen LogP contribution in [-0.4, -0.2) is 20.0 Å². The maximum absolute atomic E-state index is 12.9. The van der Waals surface area contributed by atoms with E-state index in [2.05, 4.69) is 20.6 Å². The Balaban J connectivity index is 1.61. The zero-order chi connectivity index (χ0) is 15.5. The summed E-state index contributed by atoms with van der Waals surface area (Å²) in [6, 6.07) is 6.45. The summed E-state index contributed by atoms with van der Waals surface area (Å²) >= 11 is 1.51. The van der Waals surface area contributed by atoms with Gasteiger partial charge in [-0.2, -0.15) is 5.10 Å². The van der Waals surface area contributed by atoms with Gasteiger partial charge in [0.1, 0.15) is 10.8 Å². The maximum Gasteiger partial charge on any atom is 0.205 e. The zero-order valence-corrected chi connectivity index (χ0v) is 13.2. The lowest BCUT2D eigenvalue weighted by molar-refractivity contribution is 0.627. The fourth-order valence-electron chi connectivity index (χ4n) is 2.06. The summed E-state index contributed by atoms with van der Waals surface area (Å²) in [5, 5.41) is 17.5. The molecule has 3 aromatic rings. The summed E-state index contributed by atoms with van der Waals surface area (Å²) in [5.41, 5.74) is 3.29. The lowest BCUT2D eigenvalue weighted by Crippen LogP contribution is -2.01. The van der Waals surface area contributed by atoms with Gasteiger partial charge in [-0.15, -0.1) is 10.2 Å². The molecule has 1 N–H and O–H groups in total. The second-order valence-electron chi connectivity index (χ2n) is 5.04. The maximum atomic E-state index is 12.9. The normalized spacial score (nSPS) is 10.9. The monoisotopic (exact) mass is 317 g/mol. The van der Waals surface area contributed by atoms with Crippen LogP contribution < -0.4 is 5.32 Å². The Bertz CT molecular complexity index is 763. The molecule has 0 radical (unpaired) electrons. The molecule has 3 rings (SSSR count). The Morgan fingerprint density at radius 1 is 1.23 bits per heavy atom. The molecule has 5 nitrogen and oxygen atoms in total. The van der Waals surface area contributed by atoms with Gasteiger partial charge in [-0.05, 0) is 24.6 Å². The summed E-state index contributed by atoms with van der Waals surface area (Å²) in [4.78, 5) is 0. The number of hydrogen-bond acceptors (Lipinski definition) is 5. The number of halogens is 1. The first-order valence-electron chi connectivity index (χ1n) is 6.90. The number of nitrogens with zero attached hydrogens (tertiary/aromatic N) is 4. The van der Waals surface area contributed by atoms with Gasteiger partial charge in [0.05, 0.1) is 6.20 Å². The Kier molecular flexibility index (Phi) is 4.15. The van der Waals surface area contributed by atoms with Crippen molar-refractivity contribution in [1.29, 1.82) is 0 Å². The van der Waals surface area contributed by atoms with Crippen LogP contribution >= 0.6 is 11.3 Å². The van der Waals surface area contributed by atoms with Gasteiger partial charge in [-0.1, -0.05) is 23.5 Å². The van der Waals surface area contributed by atoms with Crippen LogP contribution in [0.1, 0.15) is 21.8 Å². The fourth-order valence-corrected chi connectivity index (χ4v) is 2.83. The third-order valence-electron chi connectivity index (χ3n) is 3.50. The minimum atomic E-state index is -0.227. The Morgan fingerprint density at radius 2 is 2.00 bits per heavy atom. The van der Waals surface area contributed by atoms with Gasteiger partial charge >= 0.3 is 0 Å². The summed E-state index contributed by atoms with van der Waals surface area (Å²) in [5.74, 6) is -0.227. The number of benzene rings is 1. The summed E-state index contributed by atoms with van der Waals surface area (Å²) in [7, 11) is 1.92. The number of aryl methyl sites for hydroxylation is 1. The zero-order valence-electron chi connectivity index (χ0n) is 12.4. The lowest BCUT2D eigenvalue weighted by Gasteiger charge is -2.01. The van der Waals surface area contributed by atoms with E-state index in [9.17, 15) is 4.39 Å². The van der Waals surface area contributed by atoms with Gasteiger partial charge in [0.2, 0.25) is 5.13 Å². The van der Waals surface area contributed by atoms with Crippen LogP contribution in [0.5, 0.6) is 0 Å². The van der Waals surface area contributed by atoms with Crippen LogP contribution in [0.2, 0.25) is 0 Å². The van der Waals surface area contributed by atoms with Gasteiger partial charge in [-0.25, -0.2) is 4.39 Å². The van der Waals surface area contributed by atoms with E-state index in [4.69, 9.17) is 0 Å². The molecule has 0 saturated carbocycles. The molecule has 0 spiro atoms. The summed E-state index contributed by atoms with van der Waals surface area (Å²) in [6.07, 6.45) is 2.51. The summed E-state index contributed by atoms with van der Waals surface area (Å²) < 4.78 is 14.7. The molecular formula is C15H16FN5S. The van der Waals surface area contributed by atoms with Crippen molar-refractivity contribution in [2.24, 2.45) is 7.05 Å².